The van der Waals surface area contributed by atoms with Crippen LogP contribution in [0.3, 0.4) is 0 Å². The molecule has 2 amide bonds. The van der Waals surface area contributed by atoms with Gasteiger partial charge in [0, 0.05) is 40.5 Å². The summed E-state index contributed by atoms with van der Waals surface area (Å²) >= 11 is 5.84. The third-order valence-corrected chi connectivity index (χ3v) is 6.57. The SMILES string of the molecule is Cc1ccc(NC(=O)c2cccc(C(F)(F)F)c2)cc1Nc1nccc(-c2ccc(Cl)nc2)n1.NC(=O)c1cccc(C(F)(F)F)c1. The number of amides is 2. The van der Waals surface area contributed by atoms with E-state index in [0.29, 0.717) is 28.2 Å². The van der Waals surface area contributed by atoms with E-state index in [2.05, 4.69) is 25.6 Å². The lowest BCUT2D eigenvalue weighted by molar-refractivity contribution is -0.138. The lowest BCUT2D eigenvalue weighted by Crippen LogP contribution is -2.14. The van der Waals surface area contributed by atoms with Crippen molar-refractivity contribution in [3.63, 3.8) is 0 Å². The molecule has 0 saturated heterocycles. The molecule has 8 nitrogen and oxygen atoms in total. The van der Waals surface area contributed by atoms with E-state index in [0.717, 1.165) is 41.5 Å². The second-order valence-electron chi connectivity index (χ2n) is 9.77. The van der Waals surface area contributed by atoms with Crippen molar-refractivity contribution in [1.82, 2.24) is 15.0 Å². The van der Waals surface area contributed by atoms with Crippen molar-refractivity contribution in [2.75, 3.05) is 10.6 Å². The number of aryl methyl sites for hydroxylation is 1. The summed E-state index contributed by atoms with van der Waals surface area (Å²) in [5.74, 6) is -1.21. The molecule has 0 aliphatic carbocycles. The number of rotatable bonds is 6. The minimum absolute atomic E-state index is 0.0995. The number of alkyl halides is 6. The molecule has 4 N–H and O–H groups in total. The molecule has 0 spiro atoms. The van der Waals surface area contributed by atoms with Crippen molar-refractivity contribution in [2.45, 2.75) is 19.3 Å². The number of carbonyl (C=O) groups is 2. The number of nitrogens with zero attached hydrogens (tertiary/aromatic N) is 3. The molecule has 0 atom stereocenters. The summed E-state index contributed by atoms with van der Waals surface area (Å²) in [6, 6.07) is 18.5. The normalized spacial score (nSPS) is 11.2. The molecule has 0 bridgehead atoms. The molecule has 0 aliphatic heterocycles. The molecule has 15 heteroatoms. The Labute approximate surface area is 268 Å². The molecule has 0 aliphatic rings. The van der Waals surface area contributed by atoms with Crippen molar-refractivity contribution in [2.24, 2.45) is 5.73 Å². The van der Waals surface area contributed by atoms with E-state index < -0.39 is 35.3 Å². The van der Waals surface area contributed by atoms with Gasteiger partial charge in [0.1, 0.15) is 5.15 Å². The molecular formula is C32H23ClF6N6O2. The molecule has 0 radical (unpaired) electrons. The summed E-state index contributed by atoms with van der Waals surface area (Å²) in [4.78, 5) is 35.8. The molecule has 0 fully saturated rings. The Morgan fingerprint density at radius 2 is 1.43 bits per heavy atom. The van der Waals surface area contributed by atoms with Crippen LogP contribution >= 0.6 is 11.6 Å². The van der Waals surface area contributed by atoms with E-state index in [4.69, 9.17) is 17.3 Å². The Morgan fingerprint density at radius 1 is 0.787 bits per heavy atom. The average Bonchev–Trinajstić information content (AvgIpc) is 3.03. The number of carbonyl (C=O) groups excluding carboxylic acids is 2. The van der Waals surface area contributed by atoms with Crippen LogP contribution in [0.2, 0.25) is 5.15 Å². The Kier molecular flexibility index (Phi) is 10.5. The summed E-state index contributed by atoms with van der Waals surface area (Å²) in [7, 11) is 0. The fourth-order valence-electron chi connectivity index (χ4n) is 3.95. The predicted molar refractivity (Wildman–Crippen MR) is 164 cm³/mol. The number of benzene rings is 3. The third-order valence-electron chi connectivity index (χ3n) is 6.35. The van der Waals surface area contributed by atoms with Gasteiger partial charge in [0.15, 0.2) is 0 Å². The standard InChI is InChI=1S/C24H17ClF3N5O.C8H6F3NO/c1-14-5-7-18(31-22(34)15-3-2-4-17(11-15)24(26,27)28)12-20(14)33-23-29-10-9-19(32-23)16-6-8-21(25)30-13-16;9-8(10,11)6-3-1-2-5(4-6)7(12)13/h2-13H,1H3,(H,31,34)(H,29,32,33);1-4H,(H2,12,13). The van der Waals surface area contributed by atoms with Crippen LogP contribution in [-0.2, 0) is 12.4 Å². The molecule has 242 valence electrons. The largest absolute Gasteiger partial charge is 0.416 e. The number of anilines is 3. The molecule has 5 rings (SSSR count). The maximum Gasteiger partial charge on any atom is 0.416 e. The molecule has 5 aromatic rings. The van der Waals surface area contributed by atoms with Gasteiger partial charge in [0.25, 0.3) is 5.91 Å². The van der Waals surface area contributed by atoms with E-state index in [1.807, 2.05) is 6.92 Å². The van der Waals surface area contributed by atoms with Gasteiger partial charge in [-0.3, -0.25) is 9.59 Å². The fourth-order valence-corrected chi connectivity index (χ4v) is 4.06. The van der Waals surface area contributed by atoms with Crippen molar-refractivity contribution in [3.05, 3.63) is 130 Å². The van der Waals surface area contributed by atoms with E-state index in [9.17, 15) is 35.9 Å². The monoisotopic (exact) mass is 672 g/mol. The van der Waals surface area contributed by atoms with Crippen molar-refractivity contribution >= 4 is 40.7 Å². The number of primary amides is 1. The van der Waals surface area contributed by atoms with Crippen LogP contribution < -0.4 is 16.4 Å². The molecule has 0 unspecified atom stereocenters. The number of aromatic nitrogens is 3. The van der Waals surface area contributed by atoms with Crippen LogP contribution in [0.5, 0.6) is 0 Å². The highest BCUT2D eigenvalue weighted by atomic mass is 35.5. The molecular weight excluding hydrogens is 650 g/mol. The van der Waals surface area contributed by atoms with E-state index in [-0.39, 0.29) is 11.1 Å². The van der Waals surface area contributed by atoms with Crippen molar-refractivity contribution in [3.8, 4) is 11.3 Å². The second-order valence-corrected chi connectivity index (χ2v) is 10.2. The second kappa shape index (κ2) is 14.3. The summed E-state index contributed by atoms with van der Waals surface area (Å²) in [6.07, 6.45) is -5.78. The first-order chi connectivity index (χ1) is 22.1. The summed E-state index contributed by atoms with van der Waals surface area (Å²) in [5, 5.41) is 6.10. The quantitative estimate of drug-likeness (QED) is 0.123. The predicted octanol–water partition coefficient (Wildman–Crippen LogP) is 8.32. The Bertz CT molecular complexity index is 1900. The first-order valence-electron chi connectivity index (χ1n) is 13.4. The fraction of sp³-hybridized carbons (Fsp3) is 0.0938. The molecule has 0 saturated carbocycles. The maximum atomic E-state index is 13.0. The molecule has 47 heavy (non-hydrogen) atoms. The zero-order chi connectivity index (χ0) is 34.4. The summed E-state index contributed by atoms with van der Waals surface area (Å²) in [6.45, 7) is 1.85. The van der Waals surface area contributed by atoms with Gasteiger partial charge in [-0.25, -0.2) is 15.0 Å². The number of nitrogens with one attached hydrogen (secondary N) is 2. The Hall–Kier alpha value is -5.50. The lowest BCUT2D eigenvalue weighted by Gasteiger charge is -2.13. The van der Waals surface area contributed by atoms with Gasteiger partial charge < -0.3 is 16.4 Å². The number of hydrogen-bond donors (Lipinski definition) is 3. The molecule has 3 aromatic carbocycles. The van der Waals surface area contributed by atoms with Gasteiger partial charge in [-0.1, -0.05) is 29.8 Å². The average molecular weight is 673 g/mol. The van der Waals surface area contributed by atoms with E-state index in [1.54, 1.807) is 48.8 Å². The van der Waals surface area contributed by atoms with E-state index in [1.165, 1.54) is 18.2 Å². The van der Waals surface area contributed by atoms with Gasteiger partial charge in [-0.05, 0) is 79.2 Å². The number of halogens is 7. The van der Waals surface area contributed by atoms with Crippen LogP contribution in [0.15, 0.2) is 97.3 Å². The van der Waals surface area contributed by atoms with Gasteiger partial charge in [0.2, 0.25) is 11.9 Å². The third kappa shape index (κ3) is 9.50. The van der Waals surface area contributed by atoms with Gasteiger partial charge >= 0.3 is 12.4 Å². The molecule has 2 heterocycles. The first-order valence-corrected chi connectivity index (χ1v) is 13.8. The molecule has 2 aromatic heterocycles. The van der Waals surface area contributed by atoms with Crippen molar-refractivity contribution in [1.29, 1.82) is 0 Å². The minimum Gasteiger partial charge on any atom is -0.366 e. The van der Waals surface area contributed by atoms with Crippen LogP contribution in [0.1, 0.15) is 37.4 Å². The van der Waals surface area contributed by atoms with Crippen LogP contribution in [0, 0.1) is 6.92 Å². The zero-order valence-corrected chi connectivity index (χ0v) is 24.9. The van der Waals surface area contributed by atoms with Crippen LogP contribution in [-0.4, -0.2) is 26.8 Å². The van der Waals surface area contributed by atoms with Gasteiger partial charge in [-0.2, -0.15) is 26.3 Å². The van der Waals surface area contributed by atoms with Crippen molar-refractivity contribution < 1.29 is 35.9 Å². The number of hydrogen-bond acceptors (Lipinski definition) is 6. The minimum atomic E-state index is -4.53. The summed E-state index contributed by atoms with van der Waals surface area (Å²) < 4.78 is 75.1. The van der Waals surface area contributed by atoms with Gasteiger partial charge in [0.05, 0.1) is 16.8 Å². The topological polar surface area (TPSA) is 123 Å². The van der Waals surface area contributed by atoms with Crippen LogP contribution in [0.4, 0.5) is 43.7 Å². The first kappa shape index (κ1) is 34.4. The highest BCUT2D eigenvalue weighted by Gasteiger charge is 2.31. The number of pyridine rings is 1. The van der Waals surface area contributed by atoms with Crippen LogP contribution in [0.25, 0.3) is 11.3 Å². The summed E-state index contributed by atoms with van der Waals surface area (Å²) in [5.41, 5.74) is 6.07. The van der Waals surface area contributed by atoms with E-state index >= 15 is 0 Å². The lowest BCUT2D eigenvalue weighted by atomic mass is 10.1. The van der Waals surface area contributed by atoms with Gasteiger partial charge in [-0.15, -0.1) is 0 Å². The number of nitrogens with two attached hydrogens (primary N) is 1. The Balaban J connectivity index is 0.000000323. The maximum absolute atomic E-state index is 13.0. The smallest absolute Gasteiger partial charge is 0.366 e. The Morgan fingerprint density at radius 3 is 2.02 bits per heavy atom. The highest BCUT2D eigenvalue weighted by molar-refractivity contribution is 6.29. The highest BCUT2D eigenvalue weighted by Crippen LogP contribution is 2.31. The zero-order valence-electron chi connectivity index (χ0n) is 24.1.